The summed E-state index contributed by atoms with van der Waals surface area (Å²) in [6.07, 6.45) is 0. The number of thioether (sulfide) groups is 1. The van der Waals surface area contributed by atoms with E-state index in [1.807, 2.05) is 18.2 Å². The fourth-order valence-electron chi connectivity index (χ4n) is 1.59. The summed E-state index contributed by atoms with van der Waals surface area (Å²) in [7, 11) is 0. The molecule has 2 rings (SSSR count). The van der Waals surface area contributed by atoms with Crippen molar-refractivity contribution in [3.63, 3.8) is 0 Å². The Morgan fingerprint density at radius 2 is 2.16 bits per heavy atom. The molecule has 0 aliphatic rings. The third-order valence-corrected chi connectivity index (χ3v) is 3.33. The van der Waals surface area contributed by atoms with Crippen molar-refractivity contribution in [1.82, 2.24) is 5.16 Å². The molecule has 0 atom stereocenters. The number of aromatic nitrogens is 1. The van der Waals surface area contributed by atoms with Crippen molar-refractivity contribution >= 4 is 23.6 Å². The molecule has 1 aromatic carbocycles. The van der Waals surface area contributed by atoms with E-state index in [4.69, 9.17) is 4.52 Å². The summed E-state index contributed by atoms with van der Waals surface area (Å²) < 4.78 is 4.96. The molecule has 0 unspecified atom stereocenters. The number of hydrogen-bond donors (Lipinski definition) is 1. The third-order valence-electron chi connectivity index (χ3n) is 2.33. The normalized spacial score (nSPS) is 10.7. The minimum Gasteiger partial charge on any atom is -0.338 e. The number of benzene rings is 1. The molecule has 100 valence electrons. The lowest BCUT2D eigenvalue weighted by molar-refractivity contribution is 0.102. The van der Waals surface area contributed by atoms with E-state index in [9.17, 15) is 4.79 Å². The lowest BCUT2D eigenvalue weighted by Crippen LogP contribution is -2.11. The highest BCUT2D eigenvalue weighted by Gasteiger charge is 2.10. The van der Waals surface area contributed by atoms with Crippen LogP contribution in [0.15, 0.2) is 39.8 Å². The molecular formula is C14H16N2O2S. The molecule has 1 amide bonds. The van der Waals surface area contributed by atoms with Gasteiger partial charge in [0.1, 0.15) is 0 Å². The fourth-order valence-corrected chi connectivity index (χ4v) is 2.49. The average Bonchev–Trinajstić information content (AvgIpc) is 2.74. The molecule has 0 aliphatic carbocycles. The van der Waals surface area contributed by atoms with Crippen LogP contribution in [0.3, 0.4) is 0 Å². The van der Waals surface area contributed by atoms with Crippen molar-refractivity contribution in [2.45, 2.75) is 30.9 Å². The molecule has 4 nitrogen and oxygen atoms in total. The highest BCUT2D eigenvalue weighted by molar-refractivity contribution is 7.99. The van der Waals surface area contributed by atoms with Gasteiger partial charge in [-0.2, -0.15) is 0 Å². The predicted molar refractivity (Wildman–Crippen MR) is 76.6 cm³/mol. The van der Waals surface area contributed by atoms with Gasteiger partial charge in [-0.3, -0.25) is 10.1 Å². The molecule has 2 aromatic rings. The van der Waals surface area contributed by atoms with E-state index in [0.717, 1.165) is 10.6 Å². The van der Waals surface area contributed by atoms with E-state index in [2.05, 4.69) is 24.3 Å². The minimum absolute atomic E-state index is 0.192. The number of rotatable bonds is 4. The molecule has 1 N–H and O–H groups in total. The number of aryl methyl sites for hydroxylation is 1. The summed E-state index contributed by atoms with van der Waals surface area (Å²) >= 11 is 1.72. The quantitative estimate of drug-likeness (QED) is 0.864. The number of hydrogen-bond acceptors (Lipinski definition) is 4. The molecule has 19 heavy (non-hydrogen) atoms. The second-order valence-corrected chi connectivity index (χ2v) is 6.13. The summed E-state index contributed by atoms with van der Waals surface area (Å²) in [5, 5.41) is 6.89. The lowest BCUT2D eigenvalue weighted by Gasteiger charge is -2.06. The summed E-state index contributed by atoms with van der Waals surface area (Å²) in [5.74, 6) is 0.173. The van der Waals surface area contributed by atoms with Crippen LogP contribution >= 0.6 is 11.8 Å². The molecule has 0 bridgehead atoms. The van der Waals surface area contributed by atoms with E-state index in [0.29, 0.717) is 16.7 Å². The summed E-state index contributed by atoms with van der Waals surface area (Å²) in [5.41, 5.74) is 1.35. The molecule has 1 heterocycles. The lowest BCUT2D eigenvalue weighted by atomic mass is 10.2. The van der Waals surface area contributed by atoms with Crippen LogP contribution < -0.4 is 5.32 Å². The Hall–Kier alpha value is -1.75. The van der Waals surface area contributed by atoms with Gasteiger partial charge in [-0.1, -0.05) is 25.1 Å². The van der Waals surface area contributed by atoms with E-state index in [-0.39, 0.29) is 5.91 Å². The Bertz CT molecular complexity index is 578. The maximum atomic E-state index is 12.1. The van der Waals surface area contributed by atoms with Gasteiger partial charge in [-0.05, 0) is 25.1 Å². The van der Waals surface area contributed by atoms with Gasteiger partial charge >= 0.3 is 0 Å². The first-order chi connectivity index (χ1) is 9.04. The molecule has 0 aliphatic heterocycles. The van der Waals surface area contributed by atoms with Crippen molar-refractivity contribution < 1.29 is 9.32 Å². The summed E-state index contributed by atoms with van der Waals surface area (Å²) in [6, 6.07) is 9.22. The smallest absolute Gasteiger partial charge is 0.258 e. The van der Waals surface area contributed by atoms with Crippen molar-refractivity contribution in [2.24, 2.45) is 0 Å². The Balaban J connectivity index is 2.10. The van der Waals surface area contributed by atoms with Gasteiger partial charge in [0.15, 0.2) is 0 Å². The van der Waals surface area contributed by atoms with Gasteiger partial charge in [0, 0.05) is 21.8 Å². The van der Waals surface area contributed by atoms with Crippen molar-refractivity contribution in [3.05, 3.63) is 41.6 Å². The van der Waals surface area contributed by atoms with E-state index >= 15 is 0 Å². The standard InChI is InChI=1S/C14H16N2O2S/c1-9(2)19-12-6-4-5-11(8-12)14(17)15-13-7-10(3)16-18-13/h4-9H,1-3H3,(H,15,17). The highest BCUT2D eigenvalue weighted by atomic mass is 32.2. The number of carbonyl (C=O) groups excluding carboxylic acids is 1. The second kappa shape index (κ2) is 5.93. The second-order valence-electron chi connectivity index (χ2n) is 4.48. The summed E-state index contributed by atoms with van der Waals surface area (Å²) in [4.78, 5) is 13.1. The van der Waals surface area contributed by atoms with Crippen LogP contribution in [0.4, 0.5) is 5.88 Å². The number of anilines is 1. The Kier molecular flexibility index (Phi) is 4.27. The van der Waals surface area contributed by atoms with Crippen molar-refractivity contribution in [1.29, 1.82) is 0 Å². The van der Waals surface area contributed by atoms with Gasteiger partial charge < -0.3 is 4.52 Å². The fraction of sp³-hybridized carbons (Fsp3) is 0.286. The van der Waals surface area contributed by atoms with Gasteiger partial charge in [0.2, 0.25) is 5.88 Å². The minimum atomic E-state index is -0.192. The Labute approximate surface area is 116 Å². The Morgan fingerprint density at radius 1 is 1.37 bits per heavy atom. The zero-order chi connectivity index (χ0) is 13.8. The van der Waals surface area contributed by atoms with Gasteiger partial charge in [-0.25, -0.2) is 0 Å². The van der Waals surface area contributed by atoms with Gasteiger partial charge in [0.05, 0.1) is 5.69 Å². The Morgan fingerprint density at radius 3 is 2.79 bits per heavy atom. The van der Waals surface area contributed by atoms with Gasteiger partial charge in [-0.15, -0.1) is 11.8 Å². The SMILES string of the molecule is Cc1cc(NC(=O)c2cccc(SC(C)C)c2)on1. The first-order valence-electron chi connectivity index (χ1n) is 6.06. The average molecular weight is 276 g/mol. The predicted octanol–water partition coefficient (Wildman–Crippen LogP) is 3.74. The molecule has 0 saturated carbocycles. The van der Waals surface area contributed by atoms with Crippen molar-refractivity contribution in [2.75, 3.05) is 5.32 Å². The zero-order valence-corrected chi connectivity index (χ0v) is 12.0. The molecule has 5 heteroatoms. The number of nitrogens with zero attached hydrogens (tertiary/aromatic N) is 1. The highest BCUT2D eigenvalue weighted by Crippen LogP contribution is 2.23. The van der Waals surface area contributed by atoms with E-state index in [1.54, 1.807) is 30.8 Å². The first-order valence-corrected chi connectivity index (χ1v) is 6.94. The van der Waals surface area contributed by atoms with Crippen LogP contribution in [0.2, 0.25) is 0 Å². The monoisotopic (exact) mass is 276 g/mol. The van der Waals surface area contributed by atoms with Crippen LogP contribution in [0.25, 0.3) is 0 Å². The third kappa shape index (κ3) is 3.86. The zero-order valence-electron chi connectivity index (χ0n) is 11.1. The number of carbonyl (C=O) groups is 1. The molecule has 0 saturated heterocycles. The van der Waals surface area contributed by atoms with Crippen molar-refractivity contribution in [3.8, 4) is 0 Å². The number of nitrogens with one attached hydrogen (secondary N) is 1. The molecule has 0 fully saturated rings. The molecule has 0 radical (unpaired) electrons. The van der Waals surface area contributed by atoms with E-state index < -0.39 is 0 Å². The van der Waals surface area contributed by atoms with Crippen LogP contribution in [0, 0.1) is 6.92 Å². The van der Waals surface area contributed by atoms with Gasteiger partial charge in [0.25, 0.3) is 5.91 Å². The van der Waals surface area contributed by atoms with Crippen LogP contribution in [0.1, 0.15) is 29.9 Å². The van der Waals surface area contributed by atoms with Crippen LogP contribution in [-0.4, -0.2) is 16.3 Å². The number of amides is 1. The summed E-state index contributed by atoms with van der Waals surface area (Å²) in [6.45, 7) is 6.04. The maximum Gasteiger partial charge on any atom is 0.258 e. The topological polar surface area (TPSA) is 55.1 Å². The largest absolute Gasteiger partial charge is 0.338 e. The van der Waals surface area contributed by atoms with Crippen LogP contribution in [0.5, 0.6) is 0 Å². The van der Waals surface area contributed by atoms with Crippen LogP contribution in [-0.2, 0) is 0 Å². The maximum absolute atomic E-state index is 12.1. The van der Waals surface area contributed by atoms with E-state index in [1.165, 1.54) is 0 Å². The molecular weight excluding hydrogens is 260 g/mol. The first kappa shape index (κ1) is 13.7. The molecule has 1 aromatic heterocycles. The molecule has 0 spiro atoms.